The molecule has 0 amide bonds. The molecule has 2 rings (SSSR count). The predicted octanol–water partition coefficient (Wildman–Crippen LogP) is 2.28. The normalized spacial score (nSPS) is 28.3. The molecule has 1 saturated carbocycles. The van der Waals surface area contributed by atoms with Crippen molar-refractivity contribution in [3.8, 4) is 0 Å². The van der Waals surface area contributed by atoms with E-state index in [0.29, 0.717) is 0 Å². The summed E-state index contributed by atoms with van der Waals surface area (Å²) in [4.78, 5) is 0. The van der Waals surface area contributed by atoms with Crippen LogP contribution in [0.15, 0.2) is 0 Å². The largest absolute Gasteiger partial charge is 0.325 e. The Morgan fingerprint density at radius 3 is 1.50 bits per heavy atom. The summed E-state index contributed by atoms with van der Waals surface area (Å²) in [7, 11) is 0. The van der Waals surface area contributed by atoms with Crippen molar-refractivity contribution < 1.29 is 26.3 Å². The Labute approximate surface area is 85.9 Å². The van der Waals surface area contributed by atoms with Crippen LogP contribution in [0.4, 0.5) is 26.3 Å². The molecule has 0 heterocycles. The van der Waals surface area contributed by atoms with E-state index in [1.54, 1.807) is 0 Å². The van der Waals surface area contributed by atoms with Crippen molar-refractivity contribution in [1.29, 1.82) is 0 Å². The number of halogens is 6. The van der Waals surface area contributed by atoms with Gasteiger partial charge in [0.25, 0.3) is 0 Å². The molecule has 1 aliphatic rings. The molecule has 0 unspecified atom stereocenters. The van der Waals surface area contributed by atoms with Gasteiger partial charge in [-0.15, -0.1) is 0 Å². The minimum atomic E-state index is -2.66. The highest BCUT2D eigenvalue weighted by atomic mass is 19.2. The van der Waals surface area contributed by atoms with Gasteiger partial charge in [0, 0.05) is 12.5 Å². The Balaban J connectivity index is 2.72. The Morgan fingerprint density at radius 2 is 1.19 bits per heavy atom. The van der Waals surface area contributed by atoms with Crippen molar-refractivity contribution in [1.82, 2.24) is 0 Å². The molecule has 0 saturated heterocycles. The summed E-state index contributed by atoms with van der Waals surface area (Å²) in [6.45, 7) is 0. The SMILES string of the molecule is N[C@@H]1C[C@@]1(F)c1c(F)c(F)c(F)c(F)c1F. The van der Waals surface area contributed by atoms with Gasteiger partial charge < -0.3 is 5.73 Å². The molecular weight excluding hydrogens is 236 g/mol. The van der Waals surface area contributed by atoms with Crippen LogP contribution in [0.3, 0.4) is 0 Å². The molecule has 2 N–H and O–H groups in total. The van der Waals surface area contributed by atoms with Crippen molar-refractivity contribution >= 4 is 0 Å². The number of rotatable bonds is 1. The molecule has 0 radical (unpaired) electrons. The van der Waals surface area contributed by atoms with Crippen LogP contribution >= 0.6 is 0 Å². The van der Waals surface area contributed by atoms with Crippen LogP contribution in [-0.2, 0) is 5.67 Å². The fraction of sp³-hybridized carbons (Fsp3) is 0.333. The van der Waals surface area contributed by atoms with Gasteiger partial charge in [0.2, 0.25) is 5.82 Å². The van der Waals surface area contributed by atoms with Gasteiger partial charge in [-0.3, -0.25) is 0 Å². The van der Waals surface area contributed by atoms with Crippen molar-refractivity contribution in [2.24, 2.45) is 5.73 Å². The summed E-state index contributed by atoms with van der Waals surface area (Å²) in [5, 5.41) is 0. The van der Waals surface area contributed by atoms with E-state index in [0.717, 1.165) is 0 Å². The molecule has 0 spiro atoms. The van der Waals surface area contributed by atoms with Crippen LogP contribution in [0.5, 0.6) is 0 Å². The van der Waals surface area contributed by atoms with E-state index in [1.807, 2.05) is 0 Å². The average molecular weight is 241 g/mol. The summed E-state index contributed by atoms with van der Waals surface area (Å²) in [5.41, 5.74) is 0.923. The minimum Gasteiger partial charge on any atom is -0.325 e. The van der Waals surface area contributed by atoms with E-state index >= 15 is 0 Å². The maximum absolute atomic E-state index is 13.6. The summed E-state index contributed by atoms with van der Waals surface area (Å²) in [5.74, 6) is -11.0. The van der Waals surface area contributed by atoms with Gasteiger partial charge >= 0.3 is 0 Å². The Hall–Kier alpha value is -1.24. The van der Waals surface area contributed by atoms with E-state index in [2.05, 4.69) is 0 Å². The molecule has 1 fully saturated rings. The van der Waals surface area contributed by atoms with Gasteiger partial charge in [0.15, 0.2) is 28.9 Å². The molecule has 0 bridgehead atoms. The quantitative estimate of drug-likeness (QED) is 0.455. The van der Waals surface area contributed by atoms with Crippen LogP contribution in [0.1, 0.15) is 12.0 Å². The van der Waals surface area contributed by atoms with Crippen LogP contribution in [0.2, 0.25) is 0 Å². The first-order valence-electron chi connectivity index (χ1n) is 4.27. The topological polar surface area (TPSA) is 26.0 Å². The molecular formula is C9H5F6N. The monoisotopic (exact) mass is 241 g/mol. The predicted molar refractivity (Wildman–Crippen MR) is 41.6 cm³/mol. The van der Waals surface area contributed by atoms with Crippen molar-refractivity contribution in [3.05, 3.63) is 34.6 Å². The van der Waals surface area contributed by atoms with Gasteiger partial charge in [-0.05, 0) is 0 Å². The summed E-state index contributed by atoms with van der Waals surface area (Å²) >= 11 is 0. The van der Waals surface area contributed by atoms with Gasteiger partial charge in [-0.1, -0.05) is 0 Å². The standard InChI is InChI=1S/C9H5F6N/c10-4-3(9(15)1-2(9)16)5(11)7(13)8(14)6(4)12/h2H,1,16H2/t2-,9+/m1/s1. The number of nitrogens with two attached hydrogens (primary N) is 1. The molecule has 1 nitrogen and oxygen atoms in total. The zero-order valence-electron chi connectivity index (χ0n) is 7.63. The second-order valence-electron chi connectivity index (χ2n) is 3.62. The lowest BCUT2D eigenvalue weighted by Crippen LogP contribution is -2.19. The minimum absolute atomic E-state index is 0.467. The fourth-order valence-corrected chi connectivity index (χ4v) is 1.52. The lowest BCUT2D eigenvalue weighted by atomic mass is 10.1. The molecule has 1 aliphatic carbocycles. The number of hydrogen-bond donors (Lipinski definition) is 1. The lowest BCUT2D eigenvalue weighted by Gasteiger charge is -2.11. The van der Waals surface area contributed by atoms with Crippen LogP contribution < -0.4 is 5.73 Å². The Kier molecular flexibility index (Phi) is 2.20. The van der Waals surface area contributed by atoms with E-state index in [-0.39, 0.29) is 0 Å². The average Bonchev–Trinajstić information content (AvgIpc) is 2.82. The van der Waals surface area contributed by atoms with E-state index < -0.39 is 52.8 Å². The van der Waals surface area contributed by atoms with Crippen LogP contribution in [-0.4, -0.2) is 6.04 Å². The fourth-order valence-electron chi connectivity index (χ4n) is 1.52. The summed E-state index contributed by atoms with van der Waals surface area (Å²) in [6, 6.07) is -1.25. The van der Waals surface area contributed by atoms with Crippen molar-refractivity contribution in [2.75, 3.05) is 0 Å². The van der Waals surface area contributed by atoms with Gasteiger partial charge in [0.05, 0.1) is 5.56 Å². The molecule has 0 aromatic heterocycles. The second-order valence-corrected chi connectivity index (χ2v) is 3.62. The van der Waals surface area contributed by atoms with E-state index in [4.69, 9.17) is 5.73 Å². The molecule has 2 atom stereocenters. The lowest BCUT2D eigenvalue weighted by molar-refractivity contribution is 0.267. The summed E-state index contributed by atoms with van der Waals surface area (Å²) < 4.78 is 77.8. The molecule has 88 valence electrons. The zero-order chi connectivity index (χ0) is 12.2. The van der Waals surface area contributed by atoms with Gasteiger partial charge in [-0.25, -0.2) is 26.3 Å². The zero-order valence-corrected chi connectivity index (χ0v) is 7.63. The van der Waals surface area contributed by atoms with E-state index in [1.165, 1.54) is 0 Å². The second kappa shape index (κ2) is 3.13. The third-order valence-corrected chi connectivity index (χ3v) is 2.57. The van der Waals surface area contributed by atoms with Crippen LogP contribution in [0.25, 0.3) is 0 Å². The molecule has 1 aromatic rings. The van der Waals surface area contributed by atoms with Crippen molar-refractivity contribution in [2.45, 2.75) is 18.1 Å². The molecule has 16 heavy (non-hydrogen) atoms. The van der Waals surface area contributed by atoms with Gasteiger partial charge in [0.1, 0.15) is 0 Å². The number of hydrogen-bond acceptors (Lipinski definition) is 1. The number of benzene rings is 1. The Bertz CT molecular complexity index is 445. The maximum Gasteiger partial charge on any atom is 0.200 e. The molecule has 0 aliphatic heterocycles. The highest BCUT2D eigenvalue weighted by Crippen LogP contribution is 2.51. The molecule has 1 aromatic carbocycles. The first-order valence-corrected chi connectivity index (χ1v) is 4.27. The van der Waals surface area contributed by atoms with Gasteiger partial charge in [-0.2, -0.15) is 0 Å². The highest BCUT2D eigenvalue weighted by molar-refractivity contribution is 5.36. The van der Waals surface area contributed by atoms with Crippen molar-refractivity contribution in [3.63, 3.8) is 0 Å². The first kappa shape index (κ1) is 11.3. The third kappa shape index (κ3) is 1.24. The third-order valence-electron chi connectivity index (χ3n) is 2.57. The van der Waals surface area contributed by atoms with E-state index in [9.17, 15) is 26.3 Å². The van der Waals surface area contributed by atoms with Crippen LogP contribution in [0, 0.1) is 29.1 Å². The highest BCUT2D eigenvalue weighted by Gasteiger charge is 2.58. The Morgan fingerprint density at radius 1 is 0.875 bits per heavy atom. The first-order chi connectivity index (χ1) is 7.30. The molecule has 7 heteroatoms. The number of alkyl halides is 1. The summed E-state index contributed by atoms with van der Waals surface area (Å²) in [6.07, 6.45) is -0.467. The maximum atomic E-state index is 13.6. The smallest absolute Gasteiger partial charge is 0.200 e.